The summed E-state index contributed by atoms with van der Waals surface area (Å²) in [5, 5.41) is 1.20. The molecule has 0 unspecified atom stereocenters. The van der Waals surface area contributed by atoms with Gasteiger partial charge in [0.05, 0.1) is 0 Å². The zero-order valence-corrected chi connectivity index (χ0v) is 11.1. The maximum absolute atomic E-state index is 10.6. The summed E-state index contributed by atoms with van der Waals surface area (Å²) in [6.45, 7) is 0. The van der Waals surface area contributed by atoms with Crippen LogP contribution >= 0.6 is 0 Å². The predicted molar refractivity (Wildman–Crippen MR) is 78.1 cm³/mol. The number of hydrogen-bond donors (Lipinski definition) is 0. The molecule has 0 spiro atoms. The molecule has 20 heavy (non-hydrogen) atoms. The summed E-state index contributed by atoms with van der Waals surface area (Å²) in [6.07, 6.45) is 4.53. The van der Waals surface area contributed by atoms with Crippen LogP contribution in [0.4, 0.5) is 0 Å². The van der Waals surface area contributed by atoms with Crippen molar-refractivity contribution < 1.29 is 13.8 Å². The van der Waals surface area contributed by atoms with Crippen LogP contribution in [0.1, 0.15) is 22.0 Å². The summed E-state index contributed by atoms with van der Waals surface area (Å²) in [4.78, 5) is 10.6. The van der Waals surface area contributed by atoms with Gasteiger partial charge < -0.3 is 4.42 Å². The first-order valence-electron chi connectivity index (χ1n) is 6.39. The van der Waals surface area contributed by atoms with E-state index in [0.717, 1.165) is 5.69 Å². The Bertz CT molecular complexity index is 800. The second-order valence-electron chi connectivity index (χ2n) is 4.57. The molecule has 2 heterocycles. The fraction of sp³-hybridized carbons (Fsp3) is 0.0588. The van der Waals surface area contributed by atoms with E-state index in [9.17, 15) is 4.79 Å². The molecule has 0 aliphatic carbocycles. The van der Waals surface area contributed by atoms with Crippen LogP contribution in [0.25, 0.3) is 23.1 Å². The van der Waals surface area contributed by atoms with Gasteiger partial charge in [-0.25, -0.2) is 0 Å². The van der Waals surface area contributed by atoms with E-state index in [1.165, 1.54) is 10.9 Å². The molecule has 0 atom stereocenters. The molecule has 2 aromatic heterocycles. The lowest BCUT2D eigenvalue weighted by atomic mass is 10.2. The van der Waals surface area contributed by atoms with Crippen molar-refractivity contribution in [2.24, 2.45) is 7.05 Å². The van der Waals surface area contributed by atoms with E-state index < -0.39 is 0 Å². The summed E-state index contributed by atoms with van der Waals surface area (Å²) >= 11 is 0. The standard InChI is InChI=1S/C17H14NO2/c1-18-14(7-6-13-4-2-3-5-17(13)18)8-9-15-10-11-16(12-19)20-15/h2-12H,1H3/q+1. The Hall–Kier alpha value is -2.68. The number of aromatic nitrogens is 1. The SMILES string of the molecule is C[n+]1c(C=Cc2ccc(C=O)o2)ccc2ccccc21. The Morgan fingerprint density at radius 1 is 0.950 bits per heavy atom. The first-order chi connectivity index (χ1) is 9.78. The monoisotopic (exact) mass is 264 g/mol. The van der Waals surface area contributed by atoms with Crippen molar-refractivity contribution in [2.45, 2.75) is 0 Å². The van der Waals surface area contributed by atoms with Crippen LogP contribution in [0.2, 0.25) is 0 Å². The smallest absolute Gasteiger partial charge is 0.212 e. The lowest BCUT2D eigenvalue weighted by Crippen LogP contribution is -2.32. The van der Waals surface area contributed by atoms with Crippen LogP contribution in [0, 0.1) is 0 Å². The highest BCUT2D eigenvalue weighted by Crippen LogP contribution is 2.13. The lowest BCUT2D eigenvalue weighted by Gasteiger charge is -1.99. The number of hydrogen-bond acceptors (Lipinski definition) is 2. The number of carbonyl (C=O) groups excluding carboxylic acids is 1. The molecule has 0 amide bonds. The number of aldehydes is 1. The summed E-state index contributed by atoms with van der Waals surface area (Å²) in [5.41, 5.74) is 2.23. The highest BCUT2D eigenvalue weighted by atomic mass is 16.3. The van der Waals surface area contributed by atoms with E-state index in [0.29, 0.717) is 17.8 Å². The fourth-order valence-corrected chi connectivity index (χ4v) is 2.22. The number of aryl methyl sites for hydroxylation is 1. The van der Waals surface area contributed by atoms with Gasteiger partial charge in [-0.15, -0.1) is 0 Å². The van der Waals surface area contributed by atoms with Gasteiger partial charge in [-0.3, -0.25) is 4.79 Å². The van der Waals surface area contributed by atoms with Crippen LogP contribution in [0.5, 0.6) is 0 Å². The van der Waals surface area contributed by atoms with E-state index in [4.69, 9.17) is 4.42 Å². The zero-order valence-electron chi connectivity index (χ0n) is 11.1. The maximum Gasteiger partial charge on any atom is 0.212 e. The molecule has 3 rings (SSSR count). The van der Waals surface area contributed by atoms with Crippen LogP contribution in [-0.2, 0) is 7.05 Å². The molecule has 0 aliphatic heterocycles. The Morgan fingerprint density at radius 3 is 2.55 bits per heavy atom. The van der Waals surface area contributed by atoms with Gasteiger partial charge in [0.25, 0.3) is 0 Å². The van der Waals surface area contributed by atoms with E-state index in [-0.39, 0.29) is 0 Å². The summed E-state index contributed by atoms with van der Waals surface area (Å²) in [6, 6.07) is 15.8. The van der Waals surface area contributed by atoms with Crippen molar-refractivity contribution >= 4 is 29.3 Å². The van der Waals surface area contributed by atoms with Crippen LogP contribution in [-0.4, -0.2) is 6.29 Å². The van der Waals surface area contributed by atoms with Gasteiger partial charge >= 0.3 is 0 Å². The van der Waals surface area contributed by atoms with Crippen molar-refractivity contribution in [3.8, 4) is 0 Å². The number of carbonyl (C=O) groups is 1. The first kappa shape index (κ1) is 12.4. The van der Waals surface area contributed by atoms with E-state index >= 15 is 0 Å². The minimum absolute atomic E-state index is 0.340. The summed E-state index contributed by atoms with van der Waals surface area (Å²) in [7, 11) is 2.03. The van der Waals surface area contributed by atoms with Gasteiger partial charge in [0.15, 0.2) is 12.0 Å². The van der Waals surface area contributed by atoms with Crippen LogP contribution < -0.4 is 4.57 Å². The largest absolute Gasteiger partial charge is 0.454 e. The van der Waals surface area contributed by atoms with Crippen molar-refractivity contribution in [1.82, 2.24) is 0 Å². The molecular weight excluding hydrogens is 250 g/mol. The molecule has 0 bridgehead atoms. The molecule has 0 saturated heterocycles. The highest BCUT2D eigenvalue weighted by molar-refractivity contribution is 5.77. The Morgan fingerprint density at radius 2 is 1.75 bits per heavy atom. The van der Waals surface area contributed by atoms with Crippen molar-refractivity contribution in [3.05, 3.63) is 65.7 Å². The van der Waals surface area contributed by atoms with Gasteiger partial charge in [-0.05, 0) is 30.3 Å². The van der Waals surface area contributed by atoms with Crippen LogP contribution in [0.3, 0.4) is 0 Å². The van der Waals surface area contributed by atoms with Crippen molar-refractivity contribution in [1.29, 1.82) is 0 Å². The first-order valence-corrected chi connectivity index (χ1v) is 6.39. The third kappa shape index (κ3) is 2.26. The molecular formula is C17H14NO2+. The van der Waals surface area contributed by atoms with E-state index in [1.807, 2.05) is 31.3 Å². The Balaban J connectivity index is 1.98. The molecule has 3 aromatic rings. The minimum Gasteiger partial charge on any atom is -0.454 e. The second kappa shape index (κ2) is 5.13. The van der Waals surface area contributed by atoms with Crippen molar-refractivity contribution in [2.75, 3.05) is 0 Å². The number of pyridine rings is 1. The molecule has 0 radical (unpaired) electrons. The highest BCUT2D eigenvalue weighted by Gasteiger charge is 2.08. The van der Waals surface area contributed by atoms with Crippen molar-refractivity contribution in [3.63, 3.8) is 0 Å². The number of rotatable bonds is 3. The third-order valence-electron chi connectivity index (χ3n) is 3.30. The molecule has 3 nitrogen and oxygen atoms in total. The number of para-hydroxylation sites is 1. The van der Waals surface area contributed by atoms with Gasteiger partial charge in [0, 0.05) is 23.6 Å². The average Bonchev–Trinajstić information content (AvgIpc) is 2.95. The van der Waals surface area contributed by atoms with Gasteiger partial charge in [0.2, 0.25) is 11.2 Å². The average molecular weight is 264 g/mol. The molecule has 3 heteroatoms. The molecule has 0 fully saturated rings. The second-order valence-corrected chi connectivity index (χ2v) is 4.57. The Kier molecular flexibility index (Phi) is 3.17. The molecule has 98 valence electrons. The topological polar surface area (TPSA) is 34.1 Å². The third-order valence-corrected chi connectivity index (χ3v) is 3.30. The maximum atomic E-state index is 10.6. The van der Waals surface area contributed by atoms with E-state index in [2.05, 4.69) is 28.8 Å². The van der Waals surface area contributed by atoms with Gasteiger partial charge in [-0.2, -0.15) is 4.57 Å². The molecule has 0 N–H and O–H groups in total. The number of nitrogens with zero attached hydrogens (tertiary/aromatic N) is 1. The molecule has 1 aromatic carbocycles. The number of benzene rings is 1. The normalized spacial score (nSPS) is 11.2. The van der Waals surface area contributed by atoms with Crippen LogP contribution in [0.15, 0.2) is 52.9 Å². The van der Waals surface area contributed by atoms with E-state index in [1.54, 1.807) is 12.1 Å². The molecule has 0 saturated carbocycles. The van der Waals surface area contributed by atoms with Gasteiger partial charge in [-0.1, -0.05) is 12.1 Å². The predicted octanol–water partition coefficient (Wildman–Crippen LogP) is 3.24. The summed E-state index contributed by atoms with van der Waals surface area (Å²) < 4.78 is 7.44. The quantitative estimate of drug-likeness (QED) is 0.537. The van der Waals surface area contributed by atoms with Gasteiger partial charge in [0.1, 0.15) is 12.8 Å². The summed E-state index contributed by atoms with van der Waals surface area (Å²) in [5.74, 6) is 1.01. The molecule has 0 aliphatic rings. The number of furan rings is 1. The zero-order chi connectivity index (χ0) is 13.9. The minimum atomic E-state index is 0.340. The number of fused-ring (bicyclic) bond motifs is 1. The fourth-order valence-electron chi connectivity index (χ4n) is 2.22. The lowest BCUT2D eigenvalue weighted by molar-refractivity contribution is -0.646. The Labute approximate surface area is 116 Å².